The quantitative estimate of drug-likeness (QED) is 0.700. The third-order valence-corrected chi connectivity index (χ3v) is 2.71. The van der Waals surface area contributed by atoms with Gasteiger partial charge in [-0.25, -0.2) is 0 Å². The van der Waals surface area contributed by atoms with Gasteiger partial charge < -0.3 is 10.0 Å². The van der Waals surface area contributed by atoms with Gasteiger partial charge in [0.05, 0.1) is 13.3 Å². The van der Waals surface area contributed by atoms with Crippen molar-refractivity contribution in [2.75, 3.05) is 52.6 Å². The fourth-order valence-corrected chi connectivity index (χ4v) is 1.90. The molecule has 0 radical (unpaired) electrons. The molecule has 4 heteroatoms. The van der Waals surface area contributed by atoms with E-state index < -0.39 is 0 Å². The highest BCUT2D eigenvalue weighted by atomic mass is 19.1. The fourth-order valence-electron chi connectivity index (χ4n) is 1.90. The molecule has 84 valence electrons. The van der Waals surface area contributed by atoms with Crippen LogP contribution in [0.5, 0.6) is 0 Å². The van der Waals surface area contributed by atoms with Crippen LogP contribution in [-0.2, 0) is 0 Å². The lowest BCUT2D eigenvalue weighted by molar-refractivity contribution is 0.196. The van der Waals surface area contributed by atoms with Crippen molar-refractivity contribution in [3.05, 3.63) is 0 Å². The monoisotopic (exact) mass is 204 g/mol. The van der Waals surface area contributed by atoms with E-state index in [-0.39, 0.29) is 13.3 Å². The van der Waals surface area contributed by atoms with Crippen LogP contribution in [0.4, 0.5) is 4.39 Å². The number of alkyl halides is 1. The van der Waals surface area contributed by atoms with Crippen molar-refractivity contribution in [3.63, 3.8) is 0 Å². The number of hydrogen-bond acceptors (Lipinski definition) is 3. The first-order chi connectivity index (χ1) is 6.86. The second-order valence-electron chi connectivity index (χ2n) is 3.80. The molecule has 14 heavy (non-hydrogen) atoms. The minimum atomic E-state index is -0.211. The molecular weight excluding hydrogens is 183 g/mol. The maximum atomic E-state index is 12.0. The highest BCUT2D eigenvalue weighted by molar-refractivity contribution is 4.69. The fraction of sp³-hybridized carbons (Fsp3) is 1.00. The van der Waals surface area contributed by atoms with Crippen molar-refractivity contribution in [1.29, 1.82) is 0 Å². The van der Waals surface area contributed by atoms with Crippen LogP contribution in [-0.4, -0.2) is 67.5 Å². The van der Waals surface area contributed by atoms with Crippen LogP contribution >= 0.6 is 0 Å². The molecule has 0 bridgehead atoms. The molecule has 3 nitrogen and oxygen atoms in total. The maximum absolute atomic E-state index is 12.0. The summed E-state index contributed by atoms with van der Waals surface area (Å²) >= 11 is 0. The van der Waals surface area contributed by atoms with Crippen LogP contribution in [0.25, 0.3) is 0 Å². The zero-order valence-corrected chi connectivity index (χ0v) is 8.79. The number of hydrogen-bond donors (Lipinski definition) is 1. The van der Waals surface area contributed by atoms with Crippen LogP contribution in [0.1, 0.15) is 12.8 Å². The summed E-state index contributed by atoms with van der Waals surface area (Å²) in [5, 5.41) is 8.81. The van der Waals surface area contributed by atoms with Crippen molar-refractivity contribution >= 4 is 0 Å². The van der Waals surface area contributed by atoms with Gasteiger partial charge in [-0.2, -0.15) is 0 Å². The van der Waals surface area contributed by atoms with Gasteiger partial charge in [0, 0.05) is 26.2 Å². The SMILES string of the molecule is OCCN1CCCN(CCCF)CC1. The molecule has 1 aliphatic rings. The molecule has 1 heterocycles. The zero-order chi connectivity index (χ0) is 10.2. The van der Waals surface area contributed by atoms with E-state index >= 15 is 0 Å². The minimum absolute atomic E-state index is 0.211. The molecule has 0 saturated carbocycles. The Morgan fingerprint density at radius 2 is 1.64 bits per heavy atom. The van der Waals surface area contributed by atoms with E-state index in [1.165, 1.54) is 0 Å². The van der Waals surface area contributed by atoms with Gasteiger partial charge in [0.15, 0.2) is 0 Å². The molecule has 0 aliphatic carbocycles. The molecule has 1 fully saturated rings. The first kappa shape index (κ1) is 11.9. The Balaban J connectivity index is 2.19. The number of aliphatic hydroxyl groups is 1. The van der Waals surface area contributed by atoms with Gasteiger partial charge in [0.25, 0.3) is 0 Å². The second-order valence-corrected chi connectivity index (χ2v) is 3.80. The summed E-state index contributed by atoms with van der Waals surface area (Å²) in [5.74, 6) is 0. The lowest BCUT2D eigenvalue weighted by Gasteiger charge is -2.20. The summed E-state index contributed by atoms with van der Waals surface area (Å²) in [7, 11) is 0. The highest BCUT2D eigenvalue weighted by Gasteiger charge is 2.13. The second kappa shape index (κ2) is 7.15. The Hall–Kier alpha value is -0.190. The average molecular weight is 204 g/mol. The molecule has 0 aromatic heterocycles. The van der Waals surface area contributed by atoms with Gasteiger partial charge in [-0.05, 0) is 25.9 Å². The van der Waals surface area contributed by atoms with E-state index in [2.05, 4.69) is 9.80 Å². The van der Waals surface area contributed by atoms with Gasteiger partial charge in [-0.3, -0.25) is 9.29 Å². The Morgan fingerprint density at radius 3 is 2.21 bits per heavy atom. The number of halogens is 1. The lowest BCUT2D eigenvalue weighted by Crippen LogP contribution is -2.33. The molecule has 0 amide bonds. The van der Waals surface area contributed by atoms with E-state index in [9.17, 15) is 4.39 Å². The van der Waals surface area contributed by atoms with Crippen molar-refractivity contribution in [2.45, 2.75) is 12.8 Å². The molecule has 0 atom stereocenters. The van der Waals surface area contributed by atoms with E-state index in [1.807, 2.05) is 0 Å². The van der Waals surface area contributed by atoms with Crippen LogP contribution in [0.2, 0.25) is 0 Å². The minimum Gasteiger partial charge on any atom is -0.395 e. The van der Waals surface area contributed by atoms with Crippen molar-refractivity contribution in [3.8, 4) is 0 Å². The number of β-amino-alcohol motifs (C(OH)–C–C–N with tert-alkyl or cyclic N) is 1. The molecule has 0 spiro atoms. The van der Waals surface area contributed by atoms with E-state index in [0.29, 0.717) is 6.42 Å². The summed E-state index contributed by atoms with van der Waals surface area (Å²) in [5.41, 5.74) is 0. The van der Waals surface area contributed by atoms with Crippen molar-refractivity contribution < 1.29 is 9.50 Å². The Morgan fingerprint density at radius 1 is 1.00 bits per heavy atom. The topological polar surface area (TPSA) is 26.7 Å². The van der Waals surface area contributed by atoms with Crippen LogP contribution in [0, 0.1) is 0 Å². The molecule has 0 aromatic carbocycles. The summed E-state index contributed by atoms with van der Waals surface area (Å²) in [6, 6.07) is 0. The van der Waals surface area contributed by atoms with Gasteiger partial charge >= 0.3 is 0 Å². The summed E-state index contributed by atoms with van der Waals surface area (Å²) in [4.78, 5) is 4.59. The first-order valence-electron chi connectivity index (χ1n) is 5.48. The van der Waals surface area contributed by atoms with Crippen LogP contribution < -0.4 is 0 Å². The zero-order valence-electron chi connectivity index (χ0n) is 8.79. The molecule has 1 rings (SSSR count). The highest BCUT2D eigenvalue weighted by Crippen LogP contribution is 2.03. The lowest BCUT2D eigenvalue weighted by atomic mass is 10.3. The maximum Gasteiger partial charge on any atom is 0.0906 e. The van der Waals surface area contributed by atoms with Crippen LogP contribution in [0.3, 0.4) is 0 Å². The molecule has 1 saturated heterocycles. The summed E-state index contributed by atoms with van der Waals surface area (Å²) in [6.45, 7) is 5.84. The summed E-state index contributed by atoms with van der Waals surface area (Å²) in [6.07, 6.45) is 1.78. The number of aliphatic hydroxyl groups excluding tert-OH is 1. The summed E-state index contributed by atoms with van der Waals surface area (Å²) < 4.78 is 12.0. The van der Waals surface area contributed by atoms with Gasteiger partial charge in [-0.15, -0.1) is 0 Å². The van der Waals surface area contributed by atoms with Gasteiger partial charge in [0.1, 0.15) is 0 Å². The molecule has 0 aromatic rings. The van der Waals surface area contributed by atoms with Crippen molar-refractivity contribution in [1.82, 2.24) is 9.80 Å². The smallest absolute Gasteiger partial charge is 0.0906 e. The largest absolute Gasteiger partial charge is 0.395 e. The van der Waals surface area contributed by atoms with Gasteiger partial charge in [-0.1, -0.05) is 0 Å². The third kappa shape index (κ3) is 4.35. The first-order valence-corrected chi connectivity index (χ1v) is 5.48. The molecule has 0 unspecified atom stereocenters. The van der Waals surface area contributed by atoms with E-state index in [0.717, 1.165) is 45.7 Å². The van der Waals surface area contributed by atoms with Crippen molar-refractivity contribution in [2.24, 2.45) is 0 Å². The molecule has 1 N–H and O–H groups in total. The average Bonchev–Trinajstić information content (AvgIpc) is 2.41. The Bertz CT molecular complexity index is 146. The van der Waals surface area contributed by atoms with E-state index in [4.69, 9.17) is 5.11 Å². The normalized spacial score (nSPS) is 21.0. The Labute approximate surface area is 85.5 Å². The molecule has 1 aliphatic heterocycles. The third-order valence-electron chi connectivity index (χ3n) is 2.71. The van der Waals surface area contributed by atoms with Crippen LogP contribution in [0.15, 0.2) is 0 Å². The molecular formula is C10H21FN2O. The Kier molecular flexibility index (Phi) is 6.07. The van der Waals surface area contributed by atoms with Gasteiger partial charge in [0.2, 0.25) is 0 Å². The predicted molar refractivity (Wildman–Crippen MR) is 55.2 cm³/mol. The van der Waals surface area contributed by atoms with E-state index in [1.54, 1.807) is 0 Å². The number of rotatable bonds is 5. The predicted octanol–water partition coefficient (Wildman–Crippen LogP) is 0.346. The number of nitrogens with zero attached hydrogens (tertiary/aromatic N) is 2. The standard InChI is InChI=1S/C10H21FN2O/c11-3-1-4-12-5-2-6-13(8-7-12)9-10-14/h14H,1-10H2.